The van der Waals surface area contributed by atoms with Crippen LogP contribution in [0.1, 0.15) is 18.4 Å². The lowest BCUT2D eigenvalue weighted by molar-refractivity contribution is -0.0319. The van der Waals surface area contributed by atoms with Crippen LogP contribution in [0.2, 0.25) is 5.02 Å². The average molecular weight is 377 g/mol. The van der Waals surface area contributed by atoms with Gasteiger partial charge in [-0.1, -0.05) is 22.8 Å². The molecule has 0 bridgehead atoms. The van der Waals surface area contributed by atoms with Crippen LogP contribution in [0.4, 0.5) is 5.82 Å². The van der Waals surface area contributed by atoms with Crippen molar-refractivity contribution in [3.05, 3.63) is 52.0 Å². The third-order valence-corrected chi connectivity index (χ3v) is 4.52. The fourth-order valence-electron chi connectivity index (χ4n) is 2.87. The highest BCUT2D eigenvalue weighted by Gasteiger charge is 2.22. The first kappa shape index (κ1) is 18.3. The second-order valence-corrected chi connectivity index (χ2v) is 6.64. The molecule has 0 N–H and O–H groups in total. The predicted molar refractivity (Wildman–Crippen MR) is 100 cm³/mol. The molecule has 1 aromatic carbocycles. The van der Waals surface area contributed by atoms with Crippen LogP contribution in [0.3, 0.4) is 0 Å². The molecule has 26 heavy (non-hydrogen) atoms. The summed E-state index contributed by atoms with van der Waals surface area (Å²) in [5.41, 5.74) is 1.09. The lowest BCUT2D eigenvalue weighted by Gasteiger charge is -2.33. The molecule has 1 saturated heterocycles. The molecule has 138 valence electrons. The maximum Gasteiger partial charge on any atom is 0.175 e. The normalized spacial score (nSPS) is 14.8. The third kappa shape index (κ3) is 4.54. The van der Waals surface area contributed by atoms with Crippen molar-refractivity contribution >= 4 is 17.4 Å². The van der Waals surface area contributed by atoms with Crippen molar-refractivity contribution in [1.29, 1.82) is 0 Å². The van der Waals surface area contributed by atoms with Crippen LogP contribution in [-0.4, -0.2) is 36.4 Å². The van der Waals surface area contributed by atoms with E-state index < -0.39 is 0 Å². The molecule has 1 aliphatic rings. The van der Waals surface area contributed by atoms with Gasteiger partial charge in [0.2, 0.25) is 0 Å². The van der Waals surface area contributed by atoms with Gasteiger partial charge in [-0.25, -0.2) is 4.98 Å². The van der Waals surface area contributed by atoms with Crippen molar-refractivity contribution in [1.82, 2.24) is 10.2 Å². The summed E-state index contributed by atoms with van der Waals surface area (Å²) in [5, 5.41) is 4.18. The Kier molecular flexibility index (Phi) is 5.78. The Morgan fingerprint density at radius 3 is 2.69 bits per heavy atom. The Bertz CT molecular complexity index is 749. The number of nitrogens with zero attached hydrogens (tertiary/aromatic N) is 4. The van der Waals surface area contributed by atoms with Gasteiger partial charge in [-0.3, -0.25) is 0 Å². The molecular weight excluding hydrogens is 356 g/mol. The monoisotopic (exact) mass is 376 g/mol. The molecule has 8 heteroatoms. The van der Waals surface area contributed by atoms with Gasteiger partial charge in [0.25, 0.3) is 0 Å². The summed E-state index contributed by atoms with van der Waals surface area (Å²) in [6.07, 6.45) is 3.56. The molecule has 0 atom stereocenters. The van der Waals surface area contributed by atoms with E-state index in [2.05, 4.69) is 15.2 Å². The number of anilines is 1. The van der Waals surface area contributed by atoms with Crippen LogP contribution >= 0.6 is 11.6 Å². The van der Waals surface area contributed by atoms with E-state index in [1.54, 1.807) is 12.3 Å². The highest BCUT2D eigenvalue weighted by molar-refractivity contribution is 6.30. The summed E-state index contributed by atoms with van der Waals surface area (Å²) < 4.78 is 6.13. The van der Waals surface area contributed by atoms with Crippen LogP contribution in [0.25, 0.3) is 0 Å². The largest absolute Gasteiger partial charge is 0.490 e. The van der Waals surface area contributed by atoms with Gasteiger partial charge in [0.1, 0.15) is 17.7 Å². The molecule has 0 radical (unpaired) electrons. The minimum Gasteiger partial charge on any atom is -0.490 e. The summed E-state index contributed by atoms with van der Waals surface area (Å²) in [6.45, 7) is 3.73. The zero-order valence-corrected chi connectivity index (χ0v) is 15.5. The van der Waals surface area contributed by atoms with Gasteiger partial charge in [-0.2, -0.15) is 0 Å². The van der Waals surface area contributed by atoms with E-state index in [0.717, 1.165) is 48.2 Å². The molecule has 1 aliphatic heterocycles. The number of hydroxylamine groups is 1. The highest BCUT2D eigenvalue weighted by Crippen LogP contribution is 2.27. The van der Waals surface area contributed by atoms with Crippen LogP contribution in [0, 0.1) is 11.8 Å². The fraction of sp³-hybridized carbons (Fsp3) is 0.389. The second kappa shape index (κ2) is 8.23. The van der Waals surface area contributed by atoms with Gasteiger partial charge >= 0.3 is 0 Å². The Labute approximate surface area is 157 Å². The van der Waals surface area contributed by atoms with Crippen molar-refractivity contribution < 1.29 is 9.57 Å². The van der Waals surface area contributed by atoms with Crippen molar-refractivity contribution in [2.24, 2.45) is 5.29 Å². The van der Waals surface area contributed by atoms with E-state index in [1.165, 1.54) is 7.05 Å². The van der Waals surface area contributed by atoms with Crippen LogP contribution in [0.5, 0.6) is 11.5 Å². The SMILES string of the molecule is Cc1ccc(Cl)cc1OC1CCN(c2ccc(ON(C)N=O)cn2)CC1. The average Bonchev–Trinajstić information content (AvgIpc) is 2.66. The number of benzene rings is 1. The number of piperidine rings is 1. The molecule has 0 aliphatic carbocycles. The van der Waals surface area contributed by atoms with Crippen LogP contribution < -0.4 is 14.5 Å². The standard InChI is InChI=1S/C18H21ClN4O3/c1-13-3-4-14(19)11-17(13)25-15-7-9-23(10-8-15)18-6-5-16(12-20-18)26-22(2)21-24/h3-6,11-12,15H,7-10H2,1-2H3. The van der Waals surface area contributed by atoms with Gasteiger partial charge in [-0.15, -0.1) is 4.91 Å². The van der Waals surface area contributed by atoms with Crippen molar-refractivity contribution in [2.75, 3.05) is 25.0 Å². The molecule has 0 amide bonds. The summed E-state index contributed by atoms with van der Waals surface area (Å²) >= 11 is 6.06. The Morgan fingerprint density at radius 2 is 2.04 bits per heavy atom. The smallest absolute Gasteiger partial charge is 0.175 e. The molecule has 1 fully saturated rings. The Morgan fingerprint density at radius 1 is 1.27 bits per heavy atom. The number of aromatic nitrogens is 1. The molecule has 0 saturated carbocycles. The number of hydrogen-bond donors (Lipinski definition) is 0. The number of pyridine rings is 1. The number of hydrogen-bond acceptors (Lipinski definition) is 6. The maximum absolute atomic E-state index is 10.3. The Hall–Kier alpha value is -2.54. The molecule has 7 nitrogen and oxygen atoms in total. The van der Waals surface area contributed by atoms with E-state index in [1.807, 2.05) is 31.2 Å². The summed E-state index contributed by atoms with van der Waals surface area (Å²) in [4.78, 5) is 22.1. The van der Waals surface area contributed by atoms with Crippen molar-refractivity contribution in [3.8, 4) is 11.5 Å². The van der Waals surface area contributed by atoms with Crippen molar-refractivity contribution in [2.45, 2.75) is 25.9 Å². The number of rotatable bonds is 6. The topological polar surface area (TPSA) is 67.3 Å². The van der Waals surface area contributed by atoms with Crippen LogP contribution in [-0.2, 0) is 0 Å². The number of nitroso groups, excluding NO2 is 1. The quantitative estimate of drug-likeness (QED) is 0.560. The molecule has 1 aromatic heterocycles. The van der Waals surface area contributed by atoms with E-state index in [-0.39, 0.29) is 6.10 Å². The first-order valence-electron chi connectivity index (χ1n) is 8.44. The molecule has 2 aromatic rings. The van der Waals surface area contributed by atoms with E-state index in [9.17, 15) is 4.91 Å². The minimum atomic E-state index is 0.165. The van der Waals surface area contributed by atoms with Gasteiger partial charge < -0.3 is 14.5 Å². The minimum absolute atomic E-state index is 0.165. The lowest BCUT2D eigenvalue weighted by Crippen LogP contribution is -2.38. The van der Waals surface area contributed by atoms with Gasteiger partial charge in [-0.05, 0) is 36.8 Å². The predicted octanol–water partition coefficient (Wildman–Crippen LogP) is 4.00. The highest BCUT2D eigenvalue weighted by atomic mass is 35.5. The van der Waals surface area contributed by atoms with Gasteiger partial charge in [0.05, 0.1) is 18.5 Å². The third-order valence-electron chi connectivity index (χ3n) is 4.28. The molecule has 3 rings (SSSR count). The molecule has 0 unspecified atom stereocenters. The Balaban J connectivity index is 1.55. The van der Waals surface area contributed by atoms with E-state index >= 15 is 0 Å². The number of aryl methyl sites for hydroxylation is 1. The second-order valence-electron chi connectivity index (χ2n) is 6.20. The van der Waals surface area contributed by atoms with E-state index in [4.69, 9.17) is 21.2 Å². The van der Waals surface area contributed by atoms with Gasteiger partial charge in [0, 0.05) is 31.0 Å². The molecular formula is C18H21ClN4O3. The number of ether oxygens (including phenoxy) is 1. The van der Waals surface area contributed by atoms with Crippen LogP contribution in [0.15, 0.2) is 41.8 Å². The zero-order chi connectivity index (χ0) is 18.5. The summed E-state index contributed by atoms with van der Waals surface area (Å²) in [7, 11) is 1.42. The summed E-state index contributed by atoms with van der Waals surface area (Å²) in [6, 6.07) is 9.35. The zero-order valence-electron chi connectivity index (χ0n) is 14.8. The summed E-state index contributed by atoms with van der Waals surface area (Å²) in [5.74, 6) is 2.19. The fourth-order valence-corrected chi connectivity index (χ4v) is 3.03. The lowest BCUT2D eigenvalue weighted by atomic mass is 10.1. The maximum atomic E-state index is 10.3. The van der Waals surface area contributed by atoms with E-state index in [0.29, 0.717) is 10.8 Å². The first-order valence-corrected chi connectivity index (χ1v) is 8.82. The van der Waals surface area contributed by atoms with Gasteiger partial charge in [0.15, 0.2) is 5.75 Å². The first-order chi connectivity index (χ1) is 12.5. The number of halogens is 1. The molecule has 2 heterocycles. The molecule has 0 spiro atoms. The van der Waals surface area contributed by atoms with Crippen molar-refractivity contribution in [3.63, 3.8) is 0 Å².